The van der Waals surface area contributed by atoms with Crippen LogP contribution in [0.3, 0.4) is 0 Å². The maximum Gasteiger partial charge on any atom is 0.299 e. The minimum absolute atomic E-state index is 0.0153. The number of nitrogens with two attached hydrogens (primary N) is 1. The van der Waals surface area contributed by atoms with Gasteiger partial charge in [0, 0.05) is 36.0 Å². The number of primary amides is 1. The third-order valence-corrected chi connectivity index (χ3v) is 7.77. The quantitative estimate of drug-likeness (QED) is 0.297. The highest BCUT2D eigenvalue weighted by Crippen LogP contribution is 2.51. The Balaban J connectivity index is 0.000000212. The lowest BCUT2D eigenvalue weighted by atomic mass is 10.0. The molecule has 44 heavy (non-hydrogen) atoms. The first-order valence-electron chi connectivity index (χ1n) is 14.1. The molecule has 7 rings (SSSR count). The molecule has 0 bridgehead atoms. The van der Waals surface area contributed by atoms with Crippen molar-refractivity contribution in [2.75, 3.05) is 26.8 Å². The average molecular weight is 606 g/mol. The fourth-order valence-corrected chi connectivity index (χ4v) is 5.88. The van der Waals surface area contributed by atoms with Crippen molar-refractivity contribution < 1.29 is 32.6 Å². The Hall–Kier alpha value is -4.52. The first kappa shape index (κ1) is 30.9. The van der Waals surface area contributed by atoms with E-state index in [2.05, 4.69) is 27.1 Å². The molecule has 10 nitrogen and oxygen atoms in total. The number of benzene rings is 2. The van der Waals surface area contributed by atoms with E-state index in [9.17, 15) is 18.4 Å². The number of aldehydes is 1. The highest BCUT2D eigenvalue weighted by Gasteiger charge is 2.50. The summed E-state index contributed by atoms with van der Waals surface area (Å²) in [6, 6.07) is 16.4. The number of nitrogens with zero attached hydrogens (tertiary/aromatic N) is 2. The summed E-state index contributed by atoms with van der Waals surface area (Å²) in [5.74, 6) is -4.20. The predicted octanol–water partition coefficient (Wildman–Crippen LogP) is 3.28. The van der Waals surface area contributed by atoms with Crippen LogP contribution in [0.25, 0.3) is 22.2 Å². The number of carbonyl (C=O) groups is 3. The van der Waals surface area contributed by atoms with Crippen LogP contribution in [0.2, 0.25) is 0 Å². The lowest BCUT2D eigenvalue weighted by Gasteiger charge is -2.23. The summed E-state index contributed by atoms with van der Waals surface area (Å²) in [6.45, 7) is 1.93. The lowest BCUT2D eigenvalue weighted by molar-refractivity contribution is -0.152. The van der Waals surface area contributed by atoms with Gasteiger partial charge in [-0.2, -0.15) is 8.78 Å². The minimum atomic E-state index is -3.05. The number of halogens is 2. The van der Waals surface area contributed by atoms with Crippen molar-refractivity contribution in [3.05, 3.63) is 89.2 Å². The molecule has 1 aliphatic carbocycles. The van der Waals surface area contributed by atoms with Crippen LogP contribution in [0.5, 0.6) is 0 Å². The fourth-order valence-electron chi connectivity index (χ4n) is 5.88. The smallest absolute Gasteiger partial charge is 0.299 e. The Morgan fingerprint density at radius 2 is 1.82 bits per heavy atom. The van der Waals surface area contributed by atoms with Gasteiger partial charge < -0.3 is 35.2 Å². The number of nitrogens with one attached hydrogen (secondary N) is 2. The van der Waals surface area contributed by atoms with Crippen molar-refractivity contribution in [3.63, 3.8) is 0 Å². The average Bonchev–Trinajstić information content (AvgIpc) is 3.79. The van der Waals surface area contributed by atoms with Gasteiger partial charge >= 0.3 is 0 Å². The topological polar surface area (TPSA) is 140 Å². The van der Waals surface area contributed by atoms with Crippen LogP contribution in [0.1, 0.15) is 28.8 Å². The van der Waals surface area contributed by atoms with Crippen LogP contribution in [-0.4, -0.2) is 72.1 Å². The van der Waals surface area contributed by atoms with Crippen LogP contribution >= 0.6 is 0 Å². The number of carbonyl (C=O) groups excluding carboxylic acids is 3. The third-order valence-electron chi connectivity index (χ3n) is 7.77. The molecule has 4 N–H and O–H groups in total. The first-order chi connectivity index (χ1) is 21.2. The Bertz CT molecular complexity index is 1620. The molecule has 2 aromatic carbocycles. The standard InChI is InChI=1S/C22H19F2NO4.C9H11N3.CH3NO/c23-22(24)18-4-2-1-3-16(18)17-9-14(5-6-19(17)22)10-20(27)25-13-21(11-15(25)12-26)28-7-8-29-21;1-10-6-7-5-9-8(12-7)3-2-4-11-9;2-1-3/h1-6,9,12,15H,7-8,10-11,13H2;2-5,10,12H,6H2,1H3;1H,(H2,2,3). The number of hydrogen-bond donors (Lipinski definition) is 3. The van der Waals surface area contributed by atoms with E-state index in [0.29, 0.717) is 36.3 Å². The summed E-state index contributed by atoms with van der Waals surface area (Å²) in [4.78, 5) is 41.9. The third kappa shape index (κ3) is 6.09. The summed E-state index contributed by atoms with van der Waals surface area (Å²) in [7, 11) is 1.93. The van der Waals surface area contributed by atoms with E-state index in [1.807, 2.05) is 19.2 Å². The summed E-state index contributed by atoms with van der Waals surface area (Å²) in [6.07, 6.45) is 3.12. The van der Waals surface area contributed by atoms with Gasteiger partial charge in [0.15, 0.2) is 5.79 Å². The molecule has 2 saturated heterocycles. The monoisotopic (exact) mass is 605 g/mol. The van der Waals surface area contributed by atoms with E-state index in [0.717, 1.165) is 23.9 Å². The zero-order chi connectivity index (χ0) is 31.3. The zero-order valence-corrected chi connectivity index (χ0v) is 24.1. The van der Waals surface area contributed by atoms with Gasteiger partial charge in [-0.1, -0.05) is 42.5 Å². The van der Waals surface area contributed by atoms with E-state index < -0.39 is 17.8 Å². The number of likely N-dealkylation sites (tertiary alicyclic amines) is 1. The number of hydrogen-bond acceptors (Lipinski definition) is 7. The predicted molar refractivity (Wildman–Crippen MR) is 159 cm³/mol. The number of aromatic amines is 1. The van der Waals surface area contributed by atoms with Gasteiger partial charge in [0.1, 0.15) is 6.29 Å². The molecule has 12 heteroatoms. The Kier molecular flexibility index (Phi) is 9.14. The molecule has 4 aromatic rings. The number of pyridine rings is 1. The molecule has 1 spiro atoms. The summed E-state index contributed by atoms with van der Waals surface area (Å²) < 4.78 is 40.6. The van der Waals surface area contributed by atoms with E-state index in [4.69, 9.17) is 14.3 Å². The van der Waals surface area contributed by atoms with Gasteiger partial charge in [-0.05, 0) is 41.9 Å². The number of ether oxygens (including phenoxy) is 2. The second-order valence-corrected chi connectivity index (χ2v) is 10.6. The number of alkyl halides is 2. The largest absolute Gasteiger partial charge is 0.372 e. The number of aromatic nitrogens is 2. The number of fused-ring (bicyclic) bond motifs is 4. The van der Waals surface area contributed by atoms with Crippen molar-refractivity contribution in [2.24, 2.45) is 5.73 Å². The Morgan fingerprint density at radius 1 is 1.09 bits per heavy atom. The highest BCUT2D eigenvalue weighted by molar-refractivity contribution is 5.85. The highest BCUT2D eigenvalue weighted by atomic mass is 19.3. The van der Waals surface area contributed by atoms with Crippen molar-refractivity contribution in [3.8, 4) is 11.1 Å². The SMILES string of the molecule is CNCc1cc2ncccc2[nH]1.NC=O.O=CC1CC2(CN1C(=O)Cc1ccc3c(c1)-c1ccccc1C3(F)F)OCCO2. The summed E-state index contributed by atoms with van der Waals surface area (Å²) in [5, 5.41) is 3.09. The molecular weight excluding hydrogens is 572 g/mol. The summed E-state index contributed by atoms with van der Waals surface area (Å²) in [5.41, 5.74) is 8.96. The molecule has 2 aromatic heterocycles. The van der Waals surface area contributed by atoms with Crippen LogP contribution in [0.4, 0.5) is 8.78 Å². The van der Waals surface area contributed by atoms with E-state index in [-0.39, 0.29) is 36.4 Å². The second kappa shape index (κ2) is 13.0. The molecule has 4 heterocycles. The van der Waals surface area contributed by atoms with Crippen molar-refractivity contribution in [2.45, 2.75) is 37.1 Å². The molecule has 2 fully saturated rings. The molecule has 0 radical (unpaired) electrons. The minimum Gasteiger partial charge on any atom is -0.372 e. The van der Waals surface area contributed by atoms with Gasteiger partial charge in [0.25, 0.3) is 5.92 Å². The molecule has 1 unspecified atom stereocenters. The summed E-state index contributed by atoms with van der Waals surface area (Å²) >= 11 is 0. The number of rotatable bonds is 5. The van der Waals surface area contributed by atoms with Gasteiger partial charge in [-0.25, -0.2) is 0 Å². The molecule has 2 aliphatic heterocycles. The van der Waals surface area contributed by atoms with Crippen molar-refractivity contribution >= 4 is 29.6 Å². The molecule has 230 valence electrons. The molecule has 3 aliphatic rings. The van der Waals surface area contributed by atoms with Crippen LogP contribution in [-0.2, 0) is 42.7 Å². The Morgan fingerprint density at radius 3 is 2.52 bits per heavy atom. The molecule has 0 saturated carbocycles. The van der Waals surface area contributed by atoms with Crippen molar-refractivity contribution in [1.82, 2.24) is 20.2 Å². The molecular formula is C32H33F2N5O5. The molecule has 1 atom stereocenters. The van der Waals surface area contributed by atoms with Crippen LogP contribution < -0.4 is 11.1 Å². The zero-order valence-electron chi connectivity index (χ0n) is 24.1. The van der Waals surface area contributed by atoms with E-state index in [1.165, 1.54) is 22.7 Å². The van der Waals surface area contributed by atoms with Gasteiger partial charge in [-0.15, -0.1) is 0 Å². The van der Waals surface area contributed by atoms with Crippen LogP contribution in [0.15, 0.2) is 66.9 Å². The second-order valence-electron chi connectivity index (χ2n) is 10.6. The lowest BCUT2D eigenvalue weighted by Crippen LogP contribution is -2.40. The Labute approximate surface area is 252 Å². The number of amides is 2. The van der Waals surface area contributed by atoms with Gasteiger partial charge in [0.2, 0.25) is 12.3 Å². The fraction of sp³-hybridized carbons (Fsp3) is 0.312. The maximum atomic E-state index is 14.7. The van der Waals surface area contributed by atoms with E-state index >= 15 is 0 Å². The van der Waals surface area contributed by atoms with Crippen LogP contribution in [0, 0.1) is 0 Å². The first-order valence-corrected chi connectivity index (χ1v) is 14.1. The number of H-pyrrole nitrogens is 1. The van der Waals surface area contributed by atoms with Gasteiger partial charge in [0.05, 0.1) is 43.3 Å². The van der Waals surface area contributed by atoms with Gasteiger partial charge in [-0.3, -0.25) is 14.6 Å². The van der Waals surface area contributed by atoms with E-state index in [1.54, 1.807) is 36.5 Å². The van der Waals surface area contributed by atoms with Crippen molar-refractivity contribution in [1.29, 1.82) is 0 Å². The normalized spacial score (nSPS) is 18.5. The molecule has 2 amide bonds. The maximum absolute atomic E-state index is 14.7.